The summed E-state index contributed by atoms with van der Waals surface area (Å²) in [5.41, 5.74) is 1.03. The van der Waals surface area contributed by atoms with Crippen molar-refractivity contribution in [3.63, 3.8) is 0 Å². The molecule has 7 N–H and O–H groups in total. The Morgan fingerprint density at radius 3 is 1.70 bits per heavy atom. The Hall–Kier alpha value is -7.11. The molecule has 22 heteroatoms. The number of aliphatic hydroxyl groups is 1. The van der Waals surface area contributed by atoms with Crippen LogP contribution >= 0.6 is 0 Å². The van der Waals surface area contributed by atoms with Crippen molar-refractivity contribution in [3.8, 4) is 11.4 Å². The maximum Gasteiger partial charge on any atom is 0.335 e. The highest BCUT2D eigenvalue weighted by Gasteiger charge is 2.21. The van der Waals surface area contributed by atoms with Crippen molar-refractivity contribution in [2.45, 2.75) is 9.79 Å². The second kappa shape index (κ2) is 16.3. The molecular formula is C35H27N9O11S2. The summed E-state index contributed by atoms with van der Waals surface area (Å²) in [5.74, 6) is -2.19. The highest BCUT2D eigenvalue weighted by atomic mass is 32.2. The van der Waals surface area contributed by atoms with Gasteiger partial charge in [-0.25, -0.2) is 9.59 Å². The number of anilines is 3. The average Bonchev–Trinajstić information content (AvgIpc) is 3.17. The maximum atomic E-state index is 12.1. The Balaban J connectivity index is 1.23. The van der Waals surface area contributed by atoms with Crippen LogP contribution in [0.4, 0.5) is 40.3 Å². The molecule has 1 heterocycles. The number of hydrogen-bond acceptors (Lipinski definition) is 16. The maximum absolute atomic E-state index is 12.1. The summed E-state index contributed by atoms with van der Waals surface area (Å²) in [4.78, 5) is 34.8. The third-order valence-corrected chi connectivity index (χ3v) is 9.52. The molecule has 0 saturated carbocycles. The molecule has 290 valence electrons. The van der Waals surface area contributed by atoms with Crippen LogP contribution in [0.5, 0.6) is 0 Å². The molecule has 0 atom stereocenters. The van der Waals surface area contributed by atoms with E-state index in [-0.39, 0.29) is 69.8 Å². The lowest BCUT2D eigenvalue weighted by molar-refractivity contribution is 0.0696. The molecule has 6 rings (SSSR count). The lowest BCUT2D eigenvalue weighted by atomic mass is 10.1. The lowest BCUT2D eigenvalue weighted by Gasteiger charge is -2.10. The van der Waals surface area contributed by atoms with E-state index in [0.29, 0.717) is 16.9 Å². The Bertz CT molecular complexity index is 2790. The molecule has 5 aromatic carbocycles. The summed E-state index contributed by atoms with van der Waals surface area (Å²) in [5, 5.41) is 49.6. The minimum atomic E-state index is -4.85. The molecule has 0 aliphatic carbocycles. The van der Waals surface area contributed by atoms with Gasteiger partial charge in [-0.2, -0.15) is 52.2 Å². The van der Waals surface area contributed by atoms with Gasteiger partial charge in [0.15, 0.2) is 5.82 Å². The predicted molar refractivity (Wildman–Crippen MR) is 203 cm³/mol. The summed E-state index contributed by atoms with van der Waals surface area (Å²) >= 11 is 0. The van der Waals surface area contributed by atoms with Crippen LogP contribution in [0.3, 0.4) is 0 Å². The first-order chi connectivity index (χ1) is 27.1. The van der Waals surface area contributed by atoms with Crippen LogP contribution < -0.4 is 10.6 Å². The van der Waals surface area contributed by atoms with Crippen LogP contribution in [-0.2, 0) is 20.2 Å². The van der Waals surface area contributed by atoms with Crippen molar-refractivity contribution >= 4 is 83.3 Å². The van der Waals surface area contributed by atoms with Gasteiger partial charge in [0.25, 0.3) is 20.2 Å². The van der Waals surface area contributed by atoms with E-state index in [1.807, 2.05) is 0 Å². The van der Waals surface area contributed by atoms with E-state index in [9.17, 15) is 50.8 Å². The average molecular weight is 814 g/mol. The van der Waals surface area contributed by atoms with E-state index < -0.39 is 42.0 Å². The molecular weight excluding hydrogens is 787 g/mol. The molecule has 0 radical (unpaired) electrons. The standard InChI is InChI=1S/C35H27N9O11S2/c45-13-12-36-34-38-31(39-35(40-34)37-22-8-10-24(11-9-22)42-43-25-15-20(32(46)47)14-21(16-25)33(48)49)19-4-6-23(7-5-19)41-44-26-17-28-27(30(18-26)57(53,54)55)2-1-3-29(28)56(50,51)52/h1-11,14-18,45H,12-13H2,(H,46,47)(H,48,49)(H,50,51,52)(H,53,54,55)(H2,36,37,38,39,40). The molecule has 0 saturated heterocycles. The lowest BCUT2D eigenvalue weighted by Crippen LogP contribution is -2.11. The second-order valence-corrected chi connectivity index (χ2v) is 14.5. The van der Waals surface area contributed by atoms with Crippen LogP contribution in [0.2, 0.25) is 0 Å². The SMILES string of the molecule is O=C(O)c1cc(N=Nc2ccc(Nc3nc(NCCO)nc(-c4ccc(N=Nc5cc(S(=O)(=O)O)c6cccc(S(=O)(=O)O)c6c5)cc4)n3)cc2)cc(C(=O)O)c1. The number of hydrogen-bond donors (Lipinski definition) is 7. The highest BCUT2D eigenvalue weighted by Crippen LogP contribution is 2.34. The largest absolute Gasteiger partial charge is 0.478 e. The van der Waals surface area contributed by atoms with Crippen molar-refractivity contribution in [1.82, 2.24) is 15.0 Å². The first-order valence-electron chi connectivity index (χ1n) is 16.1. The number of fused-ring (bicyclic) bond motifs is 1. The van der Waals surface area contributed by atoms with Crippen LogP contribution in [0.15, 0.2) is 127 Å². The van der Waals surface area contributed by atoms with Gasteiger partial charge in [-0.15, -0.1) is 0 Å². The topological polar surface area (TPSA) is 316 Å². The predicted octanol–water partition coefficient (Wildman–Crippen LogP) is 6.56. The number of benzene rings is 5. The fourth-order valence-electron chi connectivity index (χ4n) is 5.18. The van der Waals surface area contributed by atoms with E-state index >= 15 is 0 Å². The normalized spacial score (nSPS) is 12.0. The summed E-state index contributed by atoms with van der Waals surface area (Å²) in [6, 6.07) is 21.9. The minimum absolute atomic E-state index is 0.0299. The molecule has 57 heavy (non-hydrogen) atoms. The van der Waals surface area contributed by atoms with Gasteiger partial charge in [0, 0.05) is 28.6 Å². The van der Waals surface area contributed by atoms with Crippen molar-refractivity contribution < 1.29 is 50.8 Å². The van der Waals surface area contributed by atoms with E-state index in [1.165, 1.54) is 30.3 Å². The van der Waals surface area contributed by atoms with E-state index in [4.69, 9.17) is 0 Å². The van der Waals surface area contributed by atoms with Crippen molar-refractivity contribution in [2.75, 3.05) is 23.8 Å². The fourth-order valence-corrected chi connectivity index (χ4v) is 6.60. The molecule has 0 fully saturated rings. The number of nitrogens with one attached hydrogen (secondary N) is 2. The Labute approximate surface area is 321 Å². The number of carboxylic acids is 2. The zero-order chi connectivity index (χ0) is 40.9. The number of aromatic carboxylic acids is 2. The molecule has 0 aliphatic heterocycles. The minimum Gasteiger partial charge on any atom is -0.478 e. The summed E-state index contributed by atoms with van der Waals surface area (Å²) in [6.07, 6.45) is 0. The van der Waals surface area contributed by atoms with Gasteiger partial charge in [0.1, 0.15) is 9.79 Å². The zero-order valence-corrected chi connectivity index (χ0v) is 30.4. The van der Waals surface area contributed by atoms with Crippen LogP contribution in [0, 0.1) is 0 Å². The zero-order valence-electron chi connectivity index (χ0n) is 28.8. The van der Waals surface area contributed by atoms with Crippen molar-refractivity contribution in [1.29, 1.82) is 0 Å². The summed E-state index contributed by atoms with van der Waals surface area (Å²) in [6.45, 7) is -0.0805. The Morgan fingerprint density at radius 2 is 1.14 bits per heavy atom. The first kappa shape index (κ1) is 39.6. The fraction of sp³-hybridized carbons (Fsp3) is 0.0571. The summed E-state index contributed by atoms with van der Waals surface area (Å²) in [7, 11) is -9.62. The molecule has 0 aliphatic rings. The second-order valence-electron chi connectivity index (χ2n) is 11.7. The number of rotatable bonds is 14. The number of aliphatic hydroxyl groups excluding tert-OH is 1. The van der Waals surface area contributed by atoms with E-state index in [0.717, 1.165) is 18.2 Å². The molecule has 6 aromatic rings. The van der Waals surface area contributed by atoms with E-state index in [1.54, 1.807) is 48.5 Å². The van der Waals surface area contributed by atoms with Gasteiger partial charge < -0.3 is 26.0 Å². The molecule has 0 bridgehead atoms. The van der Waals surface area contributed by atoms with Gasteiger partial charge in [0.2, 0.25) is 11.9 Å². The molecule has 0 spiro atoms. The summed E-state index contributed by atoms with van der Waals surface area (Å²) < 4.78 is 67.8. The van der Waals surface area contributed by atoms with Crippen LogP contribution in [0.25, 0.3) is 22.2 Å². The van der Waals surface area contributed by atoms with Crippen molar-refractivity contribution in [3.05, 3.63) is 108 Å². The molecule has 20 nitrogen and oxygen atoms in total. The Morgan fingerprint density at radius 1 is 0.596 bits per heavy atom. The monoisotopic (exact) mass is 813 g/mol. The van der Waals surface area contributed by atoms with Crippen molar-refractivity contribution in [2.24, 2.45) is 20.5 Å². The van der Waals surface area contributed by atoms with Gasteiger partial charge in [-0.1, -0.05) is 12.1 Å². The molecule has 0 unspecified atom stereocenters. The van der Waals surface area contributed by atoms with E-state index in [2.05, 4.69) is 46.0 Å². The van der Waals surface area contributed by atoms with Gasteiger partial charge >= 0.3 is 11.9 Å². The number of nitrogens with zero attached hydrogens (tertiary/aromatic N) is 7. The quantitative estimate of drug-likeness (QED) is 0.0452. The Kier molecular flexibility index (Phi) is 11.3. The third kappa shape index (κ3) is 9.77. The number of aromatic nitrogens is 3. The van der Waals surface area contributed by atoms with Gasteiger partial charge in [0.05, 0.1) is 40.5 Å². The van der Waals surface area contributed by atoms with Crippen LogP contribution in [0.1, 0.15) is 20.7 Å². The third-order valence-electron chi connectivity index (χ3n) is 7.71. The molecule has 0 amide bonds. The first-order valence-corrected chi connectivity index (χ1v) is 19.0. The number of carboxylic acid groups (broad SMARTS) is 2. The molecule has 1 aromatic heterocycles. The smallest absolute Gasteiger partial charge is 0.335 e. The number of carbonyl (C=O) groups is 2. The number of azo groups is 2. The van der Waals surface area contributed by atoms with Gasteiger partial charge in [-0.05, 0) is 84.9 Å². The highest BCUT2D eigenvalue weighted by molar-refractivity contribution is 7.86. The van der Waals surface area contributed by atoms with Gasteiger partial charge in [-0.3, -0.25) is 9.11 Å². The van der Waals surface area contributed by atoms with Crippen LogP contribution in [-0.4, -0.2) is 81.3 Å².